The van der Waals surface area contributed by atoms with Crippen molar-refractivity contribution in [3.8, 4) is 33.9 Å². The number of carbonyl (C=O) groups is 4. The number of hydrogen-bond donors (Lipinski definition) is 5. The first-order valence-corrected chi connectivity index (χ1v) is 24.0. The fourth-order valence-corrected chi connectivity index (χ4v) is 10.8. The number of methoxy groups -OCH3 is 2. The van der Waals surface area contributed by atoms with Crippen LogP contribution in [0.3, 0.4) is 0 Å². The Morgan fingerprint density at radius 2 is 1.34 bits per heavy atom. The van der Waals surface area contributed by atoms with E-state index >= 15 is 0 Å². The van der Waals surface area contributed by atoms with E-state index in [0.29, 0.717) is 55.1 Å². The van der Waals surface area contributed by atoms with Gasteiger partial charge in [0.2, 0.25) is 11.8 Å². The summed E-state index contributed by atoms with van der Waals surface area (Å²) in [5.41, 5.74) is 5.88. The van der Waals surface area contributed by atoms with Gasteiger partial charge < -0.3 is 54.2 Å². The molecule has 8 rings (SSSR count). The zero-order valence-corrected chi connectivity index (χ0v) is 40.3. The van der Waals surface area contributed by atoms with E-state index in [1.165, 1.54) is 14.2 Å². The highest BCUT2D eigenvalue weighted by molar-refractivity contribution is 5.87. The number of ether oxygens (including phenoxy) is 4. The zero-order chi connectivity index (χ0) is 48.2. The minimum atomic E-state index is -0.803. The smallest absolute Gasteiger partial charge is 0.407 e. The van der Waals surface area contributed by atoms with Crippen molar-refractivity contribution in [2.75, 3.05) is 14.2 Å². The Morgan fingerprint density at radius 1 is 0.735 bits per heavy atom. The summed E-state index contributed by atoms with van der Waals surface area (Å²) >= 11 is 0. The molecule has 3 aliphatic heterocycles. The summed E-state index contributed by atoms with van der Waals surface area (Å²) in [6.07, 6.45) is 11.4. The minimum Gasteiger partial charge on any atom is -0.453 e. The number of rotatable bonds is 14. The lowest BCUT2D eigenvalue weighted by Crippen LogP contribution is -2.55. The summed E-state index contributed by atoms with van der Waals surface area (Å²) in [6.45, 7) is 12.1. The molecule has 3 saturated heterocycles. The van der Waals surface area contributed by atoms with E-state index in [1.807, 2.05) is 89.3 Å². The number of H-pyrrole nitrogens is 2. The maximum absolute atomic E-state index is 14.5. The van der Waals surface area contributed by atoms with Crippen LogP contribution in [0.15, 0.2) is 61.2 Å². The van der Waals surface area contributed by atoms with E-state index in [-0.39, 0.29) is 60.1 Å². The van der Waals surface area contributed by atoms with Gasteiger partial charge in [-0.3, -0.25) is 14.6 Å². The molecule has 5 aromatic rings. The van der Waals surface area contributed by atoms with Gasteiger partial charge in [-0.15, -0.1) is 0 Å². The molecule has 1 aromatic carbocycles. The fraction of sp³-hybridized carbons (Fsp3) is 0.540. The van der Waals surface area contributed by atoms with Crippen molar-refractivity contribution in [2.45, 2.75) is 148 Å². The Kier molecular flexibility index (Phi) is 14.8. The molecular weight excluding hydrogens is 869 g/mol. The highest BCUT2D eigenvalue weighted by Crippen LogP contribution is 2.39. The van der Waals surface area contributed by atoms with Gasteiger partial charge >= 0.3 is 12.2 Å². The van der Waals surface area contributed by atoms with Crippen molar-refractivity contribution in [1.82, 2.24) is 50.2 Å². The van der Waals surface area contributed by atoms with Crippen LogP contribution >= 0.6 is 0 Å². The van der Waals surface area contributed by atoms with E-state index in [4.69, 9.17) is 33.9 Å². The lowest BCUT2D eigenvalue weighted by Gasteiger charge is -2.39. The standard InChI is InChI=1S/C50H66N10O8/c1-9-11-36(56-47(61)42(57-49(63)65-7)34-20-28(3)67-29(4)21-34)45-52-25-38(55-45)44-39-12-10-19-59(39)41(26-51-44)33-16-14-32(15-17-33)37-24-53-46(54-37)40-18-13-27(2)60(40)48(62)43(58-50(64)66-8)35-22-30(5)68-31(6)23-35/h10,12,14-17,19,24-31,34-36,40,42-43H,9,11,13,18,20-23H2,1-8H3,(H,52,55)(H,53,54)(H,56,61)(H,57,63)(H,58,64)/t27?,28-,29+,30-,31+,34?,35?,36-,40-,42-,43?/m0/s1. The van der Waals surface area contributed by atoms with Crippen LogP contribution in [0.4, 0.5) is 9.59 Å². The molecule has 18 heteroatoms. The molecule has 68 heavy (non-hydrogen) atoms. The highest BCUT2D eigenvalue weighted by Gasteiger charge is 2.44. The third kappa shape index (κ3) is 10.4. The molecular formula is C50H66N10O8. The van der Waals surface area contributed by atoms with Gasteiger partial charge in [0, 0.05) is 17.8 Å². The van der Waals surface area contributed by atoms with E-state index < -0.39 is 30.3 Å². The zero-order valence-electron chi connectivity index (χ0n) is 40.3. The molecule has 0 saturated carbocycles. The van der Waals surface area contributed by atoms with Crippen LogP contribution in [0.2, 0.25) is 0 Å². The van der Waals surface area contributed by atoms with Crippen LogP contribution in [-0.2, 0) is 28.5 Å². The van der Waals surface area contributed by atoms with Crippen molar-refractivity contribution in [1.29, 1.82) is 0 Å². The first-order chi connectivity index (χ1) is 32.7. The van der Waals surface area contributed by atoms with Gasteiger partial charge in [0.05, 0.1) is 91.9 Å². The number of fused-ring (bicyclic) bond motifs is 1. The molecule has 364 valence electrons. The predicted octanol–water partition coefficient (Wildman–Crippen LogP) is 7.65. The molecule has 18 nitrogen and oxygen atoms in total. The molecule has 0 bridgehead atoms. The number of likely N-dealkylation sites (tertiary alicyclic amines) is 1. The Morgan fingerprint density at radius 3 is 1.97 bits per heavy atom. The molecule has 7 heterocycles. The van der Waals surface area contributed by atoms with Gasteiger partial charge in [0.15, 0.2) is 0 Å². The van der Waals surface area contributed by atoms with E-state index in [9.17, 15) is 19.2 Å². The van der Waals surface area contributed by atoms with Crippen molar-refractivity contribution in [3.05, 3.63) is 72.8 Å². The molecule has 3 fully saturated rings. The van der Waals surface area contributed by atoms with Crippen molar-refractivity contribution in [2.24, 2.45) is 11.8 Å². The molecule has 3 aliphatic rings. The SMILES string of the molecule is CCC[C@H](NC(=O)[C@@H](NC(=O)OC)C1C[C@@H](C)O[C@@H](C)C1)c1ncc(-c2ncc(-c3ccc(-c4cnc([C@@H]5CCC(C)N5C(=O)C(NC(=O)OC)C5C[C@@H](C)O[C@@H](C)C5)[nH]4)cc3)n3cccc23)[nH]1. The topological polar surface area (TPSA) is 219 Å². The lowest BCUT2D eigenvalue weighted by molar-refractivity contribution is -0.140. The molecule has 11 atom stereocenters. The first-order valence-electron chi connectivity index (χ1n) is 24.0. The average Bonchev–Trinajstić information content (AvgIpc) is 4.16. The Bertz CT molecular complexity index is 2530. The third-order valence-electron chi connectivity index (χ3n) is 13.8. The van der Waals surface area contributed by atoms with Crippen molar-refractivity contribution < 1.29 is 38.1 Å². The largest absolute Gasteiger partial charge is 0.453 e. The van der Waals surface area contributed by atoms with Gasteiger partial charge in [-0.25, -0.2) is 19.6 Å². The van der Waals surface area contributed by atoms with Gasteiger partial charge in [0.25, 0.3) is 0 Å². The second-order valence-electron chi connectivity index (χ2n) is 18.9. The number of benzene rings is 1. The number of carbonyl (C=O) groups excluding carboxylic acids is 4. The normalized spacial score (nSPS) is 25.3. The van der Waals surface area contributed by atoms with Crippen LogP contribution in [0, 0.1) is 11.8 Å². The molecule has 5 N–H and O–H groups in total. The predicted molar refractivity (Wildman–Crippen MR) is 254 cm³/mol. The number of alkyl carbamates (subject to hydrolysis) is 2. The Labute approximate surface area is 397 Å². The average molecular weight is 935 g/mol. The Balaban J connectivity index is 0.980. The molecule has 0 spiro atoms. The van der Waals surface area contributed by atoms with Crippen LogP contribution in [0.25, 0.3) is 39.4 Å². The third-order valence-corrected chi connectivity index (χ3v) is 13.8. The monoisotopic (exact) mass is 935 g/mol. The van der Waals surface area contributed by atoms with E-state index in [0.717, 1.165) is 47.3 Å². The number of aromatic nitrogens is 6. The fourth-order valence-electron chi connectivity index (χ4n) is 10.8. The second kappa shape index (κ2) is 20.9. The highest BCUT2D eigenvalue weighted by atomic mass is 16.5. The summed E-state index contributed by atoms with van der Waals surface area (Å²) in [5, 5.41) is 8.83. The molecule has 4 aromatic heterocycles. The maximum Gasteiger partial charge on any atom is 0.407 e. The van der Waals surface area contributed by atoms with E-state index in [1.54, 1.807) is 6.20 Å². The van der Waals surface area contributed by atoms with Crippen LogP contribution in [0.1, 0.15) is 117 Å². The number of aromatic amines is 2. The summed E-state index contributed by atoms with van der Waals surface area (Å²) in [7, 11) is 2.60. The number of nitrogens with zero attached hydrogens (tertiary/aromatic N) is 5. The number of imidazole rings is 2. The molecule has 4 unspecified atom stereocenters. The van der Waals surface area contributed by atoms with Gasteiger partial charge in [-0.05, 0) is 109 Å². The summed E-state index contributed by atoms with van der Waals surface area (Å²) < 4.78 is 23.8. The maximum atomic E-state index is 14.5. The summed E-state index contributed by atoms with van der Waals surface area (Å²) in [4.78, 5) is 76.7. The second-order valence-corrected chi connectivity index (χ2v) is 18.9. The van der Waals surface area contributed by atoms with Crippen molar-refractivity contribution >= 4 is 29.5 Å². The van der Waals surface area contributed by atoms with Gasteiger partial charge in [0.1, 0.15) is 29.4 Å². The van der Waals surface area contributed by atoms with Crippen LogP contribution in [0.5, 0.6) is 0 Å². The lowest BCUT2D eigenvalue weighted by atomic mass is 9.85. The van der Waals surface area contributed by atoms with Crippen molar-refractivity contribution in [3.63, 3.8) is 0 Å². The number of amides is 4. The van der Waals surface area contributed by atoms with Gasteiger partial charge in [-0.1, -0.05) is 37.6 Å². The van der Waals surface area contributed by atoms with E-state index in [2.05, 4.69) is 42.5 Å². The molecule has 4 amide bonds. The molecule has 0 aliphatic carbocycles. The van der Waals surface area contributed by atoms with Crippen LogP contribution in [-0.4, -0.2) is 115 Å². The first kappa shape index (κ1) is 48.2. The molecule has 0 radical (unpaired) electrons. The summed E-state index contributed by atoms with van der Waals surface area (Å²) in [6, 6.07) is 9.84. The number of hydrogen-bond acceptors (Lipinski definition) is 11. The quantitative estimate of drug-likeness (QED) is 0.0728. The minimum absolute atomic E-state index is 0.0338. The summed E-state index contributed by atoms with van der Waals surface area (Å²) in [5.74, 6) is 0.622. The Hall–Kier alpha value is -6.27. The van der Waals surface area contributed by atoms with Crippen LogP contribution < -0.4 is 16.0 Å². The number of nitrogens with one attached hydrogen (secondary N) is 5. The van der Waals surface area contributed by atoms with Gasteiger partial charge in [-0.2, -0.15) is 0 Å².